The van der Waals surface area contributed by atoms with Crippen LogP contribution in [0.1, 0.15) is 36.8 Å². The van der Waals surface area contributed by atoms with E-state index in [1.54, 1.807) is 0 Å². The van der Waals surface area contributed by atoms with E-state index in [1.807, 2.05) is 0 Å². The average molecular weight is 322 g/mol. The fourth-order valence-electron chi connectivity index (χ4n) is 4.21. The molecule has 102 valence electrons. The molecule has 1 heterocycles. The number of fused-ring (bicyclic) bond motifs is 3. The molecule has 1 aliphatic heterocycles. The summed E-state index contributed by atoms with van der Waals surface area (Å²) in [6.07, 6.45) is 6.82. The summed E-state index contributed by atoms with van der Waals surface area (Å²) >= 11 is 3.62. The molecular weight excluding hydrogens is 302 g/mol. The number of hydrogen-bond acceptors (Lipinski definition) is 2. The van der Waals surface area contributed by atoms with Gasteiger partial charge in [-0.15, -0.1) is 0 Å². The van der Waals surface area contributed by atoms with Gasteiger partial charge in [-0.3, -0.25) is 0 Å². The smallest absolute Gasteiger partial charge is 0.127 e. The number of halogens is 1. The van der Waals surface area contributed by atoms with Crippen LogP contribution in [0.4, 0.5) is 0 Å². The fraction of sp³-hybridized carbons (Fsp3) is 0.625. The van der Waals surface area contributed by atoms with Gasteiger partial charge >= 0.3 is 0 Å². The minimum Gasteiger partial charge on any atom is -0.493 e. The second-order valence-electron chi connectivity index (χ2n) is 6.31. The van der Waals surface area contributed by atoms with Crippen LogP contribution in [-0.2, 0) is 13.0 Å². The highest BCUT2D eigenvalue weighted by molar-refractivity contribution is 9.10. The normalized spacial score (nSPS) is 31.5. The van der Waals surface area contributed by atoms with Gasteiger partial charge < -0.3 is 10.1 Å². The molecule has 1 aromatic carbocycles. The molecule has 3 aliphatic rings. The SMILES string of the molecule is Brc1cc2c(c(CNC3CC4CCC3C4)c1)OCC2. The van der Waals surface area contributed by atoms with Crippen molar-refractivity contribution in [3.63, 3.8) is 0 Å². The standard InChI is InChI=1S/C16H20BrNO/c17-14-7-12-3-4-19-16(12)13(8-14)9-18-15-6-10-1-2-11(15)5-10/h7-8,10-11,15,18H,1-6,9H2. The van der Waals surface area contributed by atoms with E-state index in [0.29, 0.717) is 0 Å². The van der Waals surface area contributed by atoms with Gasteiger partial charge in [-0.2, -0.15) is 0 Å². The Hall–Kier alpha value is -0.540. The molecule has 2 aliphatic carbocycles. The van der Waals surface area contributed by atoms with Crippen molar-refractivity contribution in [1.82, 2.24) is 5.32 Å². The molecule has 0 radical (unpaired) electrons. The summed E-state index contributed by atoms with van der Waals surface area (Å²) in [5.74, 6) is 3.08. The number of rotatable bonds is 3. The summed E-state index contributed by atoms with van der Waals surface area (Å²) < 4.78 is 6.98. The Kier molecular flexibility index (Phi) is 3.07. The number of ether oxygens (including phenoxy) is 1. The molecule has 2 fully saturated rings. The van der Waals surface area contributed by atoms with Crippen LogP contribution < -0.4 is 10.1 Å². The zero-order chi connectivity index (χ0) is 12.8. The predicted octanol–water partition coefficient (Wildman–Crippen LogP) is 3.66. The molecule has 2 nitrogen and oxygen atoms in total. The lowest BCUT2D eigenvalue weighted by molar-refractivity contribution is 0.337. The Balaban J connectivity index is 1.48. The zero-order valence-corrected chi connectivity index (χ0v) is 12.7. The van der Waals surface area contributed by atoms with E-state index in [4.69, 9.17) is 4.74 Å². The van der Waals surface area contributed by atoms with Crippen LogP contribution in [0.5, 0.6) is 5.75 Å². The van der Waals surface area contributed by atoms with Gasteiger partial charge in [0.05, 0.1) is 6.61 Å². The molecule has 4 rings (SSSR count). The van der Waals surface area contributed by atoms with E-state index in [2.05, 4.69) is 33.4 Å². The molecular formula is C16H20BrNO. The fourth-order valence-corrected chi connectivity index (χ4v) is 4.77. The molecule has 19 heavy (non-hydrogen) atoms. The molecule has 0 spiro atoms. The number of benzene rings is 1. The topological polar surface area (TPSA) is 21.3 Å². The van der Waals surface area contributed by atoms with Gasteiger partial charge in [0.1, 0.15) is 5.75 Å². The molecule has 2 saturated carbocycles. The summed E-state index contributed by atoms with van der Waals surface area (Å²) in [6, 6.07) is 5.16. The third-order valence-corrected chi connectivity index (χ3v) is 5.58. The lowest BCUT2D eigenvalue weighted by Gasteiger charge is -2.23. The molecule has 1 aromatic rings. The van der Waals surface area contributed by atoms with Gasteiger partial charge in [0.15, 0.2) is 0 Å². The first kappa shape index (κ1) is 12.2. The Morgan fingerprint density at radius 3 is 3.00 bits per heavy atom. The van der Waals surface area contributed by atoms with Gasteiger partial charge in [0.25, 0.3) is 0 Å². The van der Waals surface area contributed by atoms with Crippen molar-refractivity contribution in [1.29, 1.82) is 0 Å². The molecule has 2 bridgehead atoms. The van der Waals surface area contributed by atoms with Crippen LogP contribution in [0.2, 0.25) is 0 Å². The quantitative estimate of drug-likeness (QED) is 0.917. The largest absolute Gasteiger partial charge is 0.493 e. The first-order valence-corrected chi connectivity index (χ1v) is 8.26. The Morgan fingerprint density at radius 1 is 1.26 bits per heavy atom. The first-order valence-electron chi connectivity index (χ1n) is 7.47. The third kappa shape index (κ3) is 2.21. The molecule has 3 atom stereocenters. The van der Waals surface area contributed by atoms with Crippen molar-refractivity contribution in [2.45, 2.75) is 44.7 Å². The summed E-state index contributed by atoms with van der Waals surface area (Å²) in [7, 11) is 0. The van der Waals surface area contributed by atoms with Crippen LogP contribution in [0.15, 0.2) is 16.6 Å². The van der Waals surface area contributed by atoms with Gasteiger partial charge in [-0.1, -0.05) is 22.4 Å². The van der Waals surface area contributed by atoms with Gasteiger partial charge in [0, 0.05) is 29.0 Å². The average Bonchev–Trinajstić information content (AvgIpc) is 3.10. The monoisotopic (exact) mass is 321 g/mol. The minimum absolute atomic E-state index is 0.745. The van der Waals surface area contributed by atoms with Crippen molar-refractivity contribution in [2.75, 3.05) is 6.61 Å². The van der Waals surface area contributed by atoms with Crippen LogP contribution in [-0.4, -0.2) is 12.6 Å². The van der Waals surface area contributed by atoms with E-state index in [-0.39, 0.29) is 0 Å². The molecule has 0 aromatic heterocycles. The van der Waals surface area contributed by atoms with Gasteiger partial charge in [0.2, 0.25) is 0 Å². The van der Waals surface area contributed by atoms with Crippen molar-refractivity contribution >= 4 is 15.9 Å². The van der Waals surface area contributed by atoms with E-state index in [9.17, 15) is 0 Å². The molecule has 0 amide bonds. The van der Waals surface area contributed by atoms with Gasteiger partial charge in [-0.05, 0) is 48.8 Å². The summed E-state index contributed by atoms with van der Waals surface area (Å²) in [5.41, 5.74) is 2.68. The highest BCUT2D eigenvalue weighted by atomic mass is 79.9. The number of nitrogens with one attached hydrogen (secondary N) is 1. The maximum absolute atomic E-state index is 5.80. The highest BCUT2D eigenvalue weighted by Crippen LogP contribution is 2.44. The van der Waals surface area contributed by atoms with E-state index in [1.165, 1.54) is 41.3 Å². The second-order valence-corrected chi connectivity index (χ2v) is 7.23. The lowest BCUT2D eigenvalue weighted by Crippen LogP contribution is -2.33. The van der Waals surface area contributed by atoms with E-state index >= 15 is 0 Å². The molecule has 3 unspecified atom stereocenters. The molecule has 3 heteroatoms. The Morgan fingerprint density at radius 2 is 2.21 bits per heavy atom. The summed E-state index contributed by atoms with van der Waals surface area (Å²) in [4.78, 5) is 0. The van der Waals surface area contributed by atoms with Crippen LogP contribution in [0, 0.1) is 11.8 Å². The van der Waals surface area contributed by atoms with Crippen molar-refractivity contribution in [3.05, 3.63) is 27.7 Å². The van der Waals surface area contributed by atoms with Crippen LogP contribution in [0.25, 0.3) is 0 Å². The summed E-state index contributed by atoms with van der Waals surface area (Å²) in [5, 5.41) is 3.79. The molecule has 0 saturated heterocycles. The van der Waals surface area contributed by atoms with Crippen LogP contribution >= 0.6 is 15.9 Å². The van der Waals surface area contributed by atoms with Crippen molar-refractivity contribution < 1.29 is 4.74 Å². The Labute approximate surface area is 123 Å². The first-order chi connectivity index (χ1) is 9.29. The molecule has 1 N–H and O–H groups in total. The zero-order valence-electron chi connectivity index (χ0n) is 11.1. The van der Waals surface area contributed by atoms with E-state index < -0.39 is 0 Å². The van der Waals surface area contributed by atoms with Gasteiger partial charge in [-0.25, -0.2) is 0 Å². The maximum atomic E-state index is 5.80. The van der Waals surface area contributed by atoms with Crippen molar-refractivity contribution in [2.24, 2.45) is 11.8 Å². The van der Waals surface area contributed by atoms with Crippen LogP contribution in [0.3, 0.4) is 0 Å². The number of hydrogen-bond donors (Lipinski definition) is 1. The minimum atomic E-state index is 0.745. The van der Waals surface area contributed by atoms with E-state index in [0.717, 1.165) is 43.2 Å². The summed E-state index contributed by atoms with van der Waals surface area (Å²) in [6.45, 7) is 1.79. The van der Waals surface area contributed by atoms with Crippen molar-refractivity contribution in [3.8, 4) is 5.75 Å². The second kappa shape index (κ2) is 4.78. The maximum Gasteiger partial charge on any atom is 0.127 e. The lowest BCUT2D eigenvalue weighted by atomic mass is 9.95. The highest BCUT2D eigenvalue weighted by Gasteiger charge is 2.39. The third-order valence-electron chi connectivity index (χ3n) is 5.12. The Bertz CT molecular complexity index is 502. The predicted molar refractivity (Wildman–Crippen MR) is 79.4 cm³/mol.